The lowest BCUT2D eigenvalue weighted by Gasteiger charge is -2.17. The molecule has 1 fully saturated rings. The number of amides is 2. The van der Waals surface area contributed by atoms with Crippen LogP contribution in [0.5, 0.6) is 0 Å². The Morgan fingerprint density at radius 2 is 2.36 bits per heavy atom. The maximum Gasteiger partial charge on any atom is 0.264 e. The minimum Gasteiger partial charge on any atom is -0.273 e. The molecule has 1 unspecified atom stereocenters. The minimum atomic E-state index is -0.282. The fourth-order valence-electron chi connectivity index (χ4n) is 1.45. The summed E-state index contributed by atoms with van der Waals surface area (Å²) in [6, 6.07) is 0. The van der Waals surface area contributed by atoms with Crippen molar-refractivity contribution in [1.29, 1.82) is 0 Å². The van der Waals surface area contributed by atoms with Gasteiger partial charge in [-0.2, -0.15) is 0 Å². The van der Waals surface area contributed by atoms with Gasteiger partial charge in [0.1, 0.15) is 0 Å². The van der Waals surface area contributed by atoms with Gasteiger partial charge in [0.05, 0.1) is 0 Å². The van der Waals surface area contributed by atoms with Crippen LogP contribution in [0.25, 0.3) is 0 Å². The molecule has 1 rings (SSSR count). The van der Waals surface area contributed by atoms with Gasteiger partial charge in [-0.15, -0.1) is 0 Å². The molecule has 1 atom stereocenters. The van der Waals surface area contributed by atoms with E-state index in [1.807, 2.05) is 6.92 Å². The third-order valence-electron chi connectivity index (χ3n) is 2.43. The average molecular weight is 196 g/mol. The van der Waals surface area contributed by atoms with E-state index in [-0.39, 0.29) is 17.7 Å². The first-order chi connectivity index (χ1) is 6.56. The van der Waals surface area contributed by atoms with Crippen molar-refractivity contribution in [3.8, 4) is 0 Å². The molecule has 0 aromatic carbocycles. The molecule has 14 heavy (non-hydrogen) atoms. The molecule has 1 aliphatic heterocycles. The first-order valence-corrected chi connectivity index (χ1v) is 4.84. The smallest absolute Gasteiger partial charge is 0.264 e. The van der Waals surface area contributed by atoms with Gasteiger partial charge in [0.2, 0.25) is 5.91 Å². The zero-order valence-electron chi connectivity index (χ0n) is 8.67. The summed E-state index contributed by atoms with van der Waals surface area (Å²) in [6.07, 6.45) is 1.66. The predicted molar refractivity (Wildman–Crippen MR) is 53.1 cm³/mol. The summed E-state index contributed by atoms with van der Waals surface area (Å²) in [6.45, 7) is 7.72. The van der Waals surface area contributed by atoms with E-state index >= 15 is 0 Å². The SMILES string of the molecule is C=C(C)C(=O)NN1CCC(CC)C1=O. The lowest BCUT2D eigenvalue weighted by Crippen LogP contribution is -2.44. The van der Waals surface area contributed by atoms with Crippen LogP contribution < -0.4 is 5.43 Å². The maximum atomic E-state index is 11.6. The van der Waals surface area contributed by atoms with Crippen LogP contribution >= 0.6 is 0 Å². The fraction of sp³-hybridized carbons (Fsp3) is 0.600. The van der Waals surface area contributed by atoms with Crippen molar-refractivity contribution >= 4 is 11.8 Å². The Balaban J connectivity index is 2.52. The van der Waals surface area contributed by atoms with Crippen LogP contribution in [0.2, 0.25) is 0 Å². The Morgan fingerprint density at radius 3 is 2.79 bits per heavy atom. The van der Waals surface area contributed by atoms with Crippen LogP contribution in [0.1, 0.15) is 26.7 Å². The molecule has 4 heteroatoms. The molecule has 0 bridgehead atoms. The molecule has 78 valence electrons. The van der Waals surface area contributed by atoms with Crippen molar-refractivity contribution in [2.75, 3.05) is 6.54 Å². The van der Waals surface area contributed by atoms with Crippen molar-refractivity contribution in [3.63, 3.8) is 0 Å². The highest BCUT2D eigenvalue weighted by Crippen LogP contribution is 2.18. The zero-order valence-corrected chi connectivity index (χ0v) is 8.67. The van der Waals surface area contributed by atoms with Crippen LogP contribution in [-0.4, -0.2) is 23.4 Å². The van der Waals surface area contributed by atoms with Crippen molar-refractivity contribution in [2.45, 2.75) is 26.7 Å². The quantitative estimate of drug-likeness (QED) is 0.680. The van der Waals surface area contributed by atoms with E-state index in [0.717, 1.165) is 12.8 Å². The predicted octanol–water partition coefficient (Wildman–Crippen LogP) is 0.852. The molecule has 1 aliphatic rings. The van der Waals surface area contributed by atoms with Crippen molar-refractivity contribution in [3.05, 3.63) is 12.2 Å². The van der Waals surface area contributed by atoms with Crippen molar-refractivity contribution in [2.24, 2.45) is 5.92 Å². The van der Waals surface area contributed by atoms with Crippen LogP contribution in [0.3, 0.4) is 0 Å². The second kappa shape index (κ2) is 4.26. The van der Waals surface area contributed by atoms with E-state index in [1.165, 1.54) is 5.01 Å². The average Bonchev–Trinajstić information content (AvgIpc) is 2.47. The molecular weight excluding hydrogens is 180 g/mol. The molecule has 1 saturated heterocycles. The van der Waals surface area contributed by atoms with Crippen molar-refractivity contribution < 1.29 is 9.59 Å². The number of nitrogens with one attached hydrogen (secondary N) is 1. The van der Waals surface area contributed by atoms with Crippen molar-refractivity contribution in [1.82, 2.24) is 10.4 Å². The van der Waals surface area contributed by atoms with Crippen LogP contribution in [0, 0.1) is 5.92 Å². The Kier molecular flexibility index (Phi) is 3.28. The standard InChI is InChI=1S/C10H16N2O2/c1-4-8-5-6-12(10(8)14)11-9(13)7(2)3/h8H,2,4-6H2,1,3H3,(H,11,13). The van der Waals surface area contributed by atoms with Gasteiger partial charge in [-0.1, -0.05) is 13.5 Å². The molecule has 0 saturated carbocycles. The van der Waals surface area contributed by atoms with E-state index in [2.05, 4.69) is 12.0 Å². The summed E-state index contributed by atoms with van der Waals surface area (Å²) in [5.41, 5.74) is 2.95. The fourth-order valence-corrected chi connectivity index (χ4v) is 1.45. The topological polar surface area (TPSA) is 49.4 Å². The number of hydrazine groups is 1. The summed E-state index contributed by atoms with van der Waals surface area (Å²) in [7, 11) is 0. The van der Waals surface area contributed by atoms with Gasteiger partial charge in [0.15, 0.2) is 0 Å². The molecule has 0 spiro atoms. The van der Waals surface area contributed by atoms with Gasteiger partial charge in [0.25, 0.3) is 5.91 Å². The second-order valence-corrected chi connectivity index (χ2v) is 3.60. The highest BCUT2D eigenvalue weighted by atomic mass is 16.2. The minimum absolute atomic E-state index is 0.0158. The van der Waals surface area contributed by atoms with E-state index < -0.39 is 0 Å². The molecule has 0 aromatic heterocycles. The summed E-state index contributed by atoms with van der Waals surface area (Å²) in [5.74, 6) is -0.197. The normalized spacial score (nSPS) is 21.1. The third kappa shape index (κ3) is 2.13. The number of nitrogens with zero attached hydrogens (tertiary/aromatic N) is 1. The maximum absolute atomic E-state index is 11.6. The van der Waals surface area contributed by atoms with E-state index in [4.69, 9.17) is 0 Å². The van der Waals surface area contributed by atoms with Crippen LogP contribution in [-0.2, 0) is 9.59 Å². The highest BCUT2D eigenvalue weighted by Gasteiger charge is 2.31. The molecule has 1 heterocycles. The van der Waals surface area contributed by atoms with Gasteiger partial charge < -0.3 is 0 Å². The first kappa shape index (κ1) is 10.8. The zero-order chi connectivity index (χ0) is 10.7. The Morgan fingerprint density at radius 1 is 1.71 bits per heavy atom. The molecule has 0 aromatic rings. The third-order valence-corrected chi connectivity index (χ3v) is 2.43. The van der Waals surface area contributed by atoms with Gasteiger partial charge in [-0.25, -0.2) is 0 Å². The number of carbonyl (C=O) groups is 2. The molecule has 0 radical (unpaired) electrons. The first-order valence-electron chi connectivity index (χ1n) is 4.84. The van der Waals surface area contributed by atoms with Gasteiger partial charge in [0, 0.05) is 18.0 Å². The molecule has 4 nitrogen and oxygen atoms in total. The Bertz CT molecular complexity index is 273. The molecular formula is C10H16N2O2. The summed E-state index contributed by atoms with van der Waals surface area (Å²) < 4.78 is 0. The number of hydrogen-bond acceptors (Lipinski definition) is 2. The Hall–Kier alpha value is -1.32. The van der Waals surface area contributed by atoms with Gasteiger partial charge >= 0.3 is 0 Å². The van der Waals surface area contributed by atoms with Gasteiger partial charge in [-0.3, -0.25) is 20.0 Å². The van der Waals surface area contributed by atoms with Crippen LogP contribution in [0.15, 0.2) is 12.2 Å². The molecule has 0 aliphatic carbocycles. The lowest BCUT2D eigenvalue weighted by atomic mass is 10.1. The van der Waals surface area contributed by atoms with E-state index in [0.29, 0.717) is 12.1 Å². The second-order valence-electron chi connectivity index (χ2n) is 3.60. The molecule has 2 amide bonds. The van der Waals surface area contributed by atoms with Gasteiger partial charge in [-0.05, 0) is 19.8 Å². The number of hydrogen-bond donors (Lipinski definition) is 1. The number of carbonyl (C=O) groups excluding carboxylic acids is 2. The summed E-state index contributed by atoms with van der Waals surface area (Å²) in [4.78, 5) is 22.8. The van der Waals surface area contributed by atoms with Crippen LogP contribution in [0.4, 0.5) is 0 Å². The van der Waals surface area contributed by atoms with E-state index in [1.54, 1.807) is 6.92 Å². The summed E-state index contributed by atoms with van der Waals surface area (Å²) in [5, 5.41) is 1.39. The largest absolute Gasteiger partial charge is 0.273 e. The monoisotopic (exact) mass is 196 g/mol. The van der Waals surface area contributed by atoms with E-state index in [9.17, 15) is 9.59 Å². The lowest BCUT2D eigenvalue weighted by molar-refractivity contribution is -0.138. The highest BCUT2D eigenvalue weighted by molar-refractivity contribution is 5.94. The summed E-state index contributed by atoms with van der Waals surface area (Å²) >= 11 is 0. The number of rotatable bonds is 3. The Labute approximate surface area is 83.9 Å². The molecule has 1 N–H and O–H groups in total.